The van der Waals surface area contributed by atoms with Crippen LogP contribution in [0.3, 0.4) is 0 Å². The van der Waals surface area contributed by atoms with Gasteiger partial charge < -0.3 is 9.47 Å². The summed E-state index contributed by atoms with van der Waals surface area (Å²) in [6, 6.07) is 10.4. The molecule has 9 nitrogen and oxygen atoms in total. The zero-order chi connectivity index (χ0) is 23.9. The summed E-state index contributed by atoms with van der Waals surface area (Å²) in [6.45, 7) is 2.75. The first-order valence-electron chi connectivity index (χ1n) is 9.82. The predicted octanol–water partition coefficient (Wildman–Crippen LogP) is 3.06. The van der Waals surface area contributed by atoms with Gasteiger partial charge in [-0.1, -0.05) is 39.8 Å². The van der Waals surface area contributed by atoms with Gasteiger partial charge in [-0.3, -0.25) is 19.4 Å². The fraction of sp³-hybridized carbons (Fsp3) is 0.227. The molecule has 11 heteroatoms. The lowest BCUT2D eigenvalue weighted by Crippen LogP contribution is -2.60. The van der Waals surface area contributed by atoms with Crippen molar-refractivity contribution >= 4 is 45.3 Å². The third kappa shape index (κ3) is 4.02. The number of hydrogen-bond acceptors (Lipinski definition) is 7. The highest BCUT2D eigenvalue weighted by Crippen LogP contribution is 2.42. The molecule has 0 aliphatic carbocycles. The predicted molar refractivity (Wildman–Crippen MR) is 126 cm³/mol. The average Bonchev–Trinajstić information content (AvgIpc) is 2.77. The van der Waals surface area contributed by atoms with E-state index in [-0.39, 0.29) is 17.2 Å². The summed E-state index contributed by atoms with van der Waals surface area (Å²) < 4.78 is 12.8. The number of ether oxygens (including phenoxy) is 2. The summed E-state index contributed by atoms with van der Waals surface area (Å²) in [4.78, 5) is 42.0. The Balaban J connectivity index is 2.06. The number of aromatic amines is 1. The fourth-order valence-electron chi connectivity index (χ4n) is 3.83. The normalized spacial score (nSPS) is 14.3. The first kappa shape index (κ1) is 23.0. The molecule has 170 valence electrons. The number of amides is 1. The molecule has 1 aliphatic rings. The topological polar surface area (TPSA) is 105 Å². The van der Waals surface area contributed by atoms with Gasteiger partial charge in [0.1, 0.15) is 0 Å². The van der Waals surface area contributed by atoms with Gasteiger partial charge in [0.05, 0.1) is 23.9 Å². The quantitative estimate of drug-likeness (QED) is 0.238. The Morgan fingerprint density at radius 3 is 2.58 bits per heavy atom. The number of esters is 1. The van der Waals surface area contributed by atoms with Gasteiger partial charge in [0, 0.05) is 23.4 Å². The van der Waals surface area contributed by atoms with E-state index in [1.54, 1.807) is 52.2 Å². The molecular weight excluding hydrogens is 512 g/mol. The Morgan fingerprint density at radius 1 is 1.21 bits per heavy atom. The minimum Gasteiger partial charge on any atom is -0.493 e. The standard InChI is InChI=1S/C22H19BrN4O5S/c1-11(28)26-16-8-6-5-7-13(16)19-20(30)24-22(33-4)25-27(19)21(26)14-9-17(31-3)18(10-15(14)23)32-12(2)29/h5-10,21H,1-4H3/p+1/t21-/m1/s1. The third-order valence-electron chi connectivity index (χ3n) is 5.11. The highest BCUT2D eigenvalue weighted by Gasteiger charge is 2.46. The highest BCUT2D eigenvalue weighted by molar-refractivity contribution is 9.10. The van der Waals surface area contributed by atoms with Gasteiger partial charge in [-0.05, 0) is 35.2 Å². The molecule has 0 saturated heterocycles. The number of para-hydroxylation sites is 1. The van der Waals surface area contributed by atoms with Crippen LogP contribution in [0.15, 0.2) is 50.8 Å². The second-order valence-corrected chi connectivity index (χ2v) is 8.80. The van der Waals surface area contributed by atoms with Gasteiger partial charge in [-0.25, -0.2) is 4.90 Å². The van der Waals surface area contributed by atoms with Crippen LogP contribution in [0, 0.1) is 0 Å². The number of benzene rings is 2. The van der Waals surface area contributed by atoms with Gasteiger partial charge in [-0.15, -0.1) is 0 Å². The average molecular weight is 532 g/mol. The minimum atomic E-state index is -0.810. The smallest absolute Gasteiger partial charge is 0.325 e. The highest BCUT2D eigenvalue weighted by atomic mass is 79.9. The number of rotatable bonds is 4. The van der Waals surface area contributed by atoms with Crippen molar-refractivity contribution in [2.24, 2.45) is 0 Å². The number of carbonyl (C=O) groups is 2. The molecule has 33 heavy (non-hydrogen) atoms. The van der Waals surface area contributed by atoms with Crippen molar-refractivity contribution in [3.63, 3.8) is 0 Å². The van der Waals surface area contributed by atoms with Crippen molar-refractivity contribution in [3.8, 4) is 22.8 Å². The molecular formula is C22H20BrN4O5S+. The van der Waals surface area contributed by atoms with E-state index in [2.05, 4.69) is 26.0 Å². The van der Waals surface area contributed by atoms with Crippen LogP contribution in [-0.2, 0) is 9.59 Å². The number of nitrogens with one attached hydrogen (secondary N) is 1. The van der Waals surface area contributed by atoms with Gasteiger partial charge >= 0.3 is 17.2 Å². The largest absolute Gasteiger partial charge is 0.493 e. The van der Waals surface area contributed by atoms with Gasteiger partial charge in [0.15, 0.2) is 11.5 Å². The van der Waals surface area contributed by atoms with E-state index in [0.29, 0.717) is 37.9 Å². The van der Waals surface area contributed by atoms with Crippen molar-refractivity contribution in [1.29, 1.82) is 0 Å². The molecule has 0 radical (unpaired) electrons. The molecule has 1 N–H and O–H groups in total. The summed E-state index contributed by atoms with van der Waals surface area (Å²) >= 11 is 4.82. The third-order valence-corrected chi connectivity index (χ3v) is 6.36. The van der Waals surface area contributed by atoms with Gasteiger partial charge in [0.25, 0.3) is 6.17 Å². The molecule has 0 unspecified atom stereocenters. The van der Waals surface area contributed by atoms with Crippen LogP contribution >= 0.6 is 27.7 Å². The molecule has 1 aromatic heterocycles. The number of anilines is 1. The molecule has 0 bridgehead atoms. The van der Waals surface area contributed by atoms with E-state index in [4.69, 9.17) is 9.47 Å². The zero-order valence-corrected chi connectivity index (χ0v) is 20.6. The number of halogens is 1. The number of H-pyrrole nitrogens is 1. The minimum absolute atomic E-state index is 0.222. The summed E-state index contributed by atoms with van der Waals surface area (Å²) in [6.07, 6.45) is 0.988. The SMILES string of the molecule is COc1cc([C@@H]2N(C(C)=O)c3ccccc3-c3c(=O)[nH]c(SC)n[n+]32)c(Br)cc1OC(C)=O. The summed E-state index contributed by atoms with van der Waals surface area (Å²) in [5.41, 5.74) is 1.75. The maximum Gasteiger partial charge on any atom is 0.325 e. The number of hydrogen-bond donors (Lipinski definition) is 1. The van der Waals surface area contributed by atoms with E-state index in [1.807, 2.05) is 0 Å². The number of fused-ring (bicyclic) bond motifs is 3. The molecule has 2 heterocycles. The molecule has 1 aliphatic heterocycles. The van der Waals surface area contributed by atoms with E-state index < -0.39 is 12.1 Å². The molecule has 1 amide bonds. The van der Waals surface area contributed by atoms with Crippen molar-refractivity contribution in [1.82, 2.24) is 10.1 Å². The van der Waals surface area contributed by atoms with Crippen LogP contribution in [0.25, 0.3) is 11.3 Å². The number of nitrogens with zero attached hydrogens (tertiary/aromatic N) is 3. The van der Waals surface area contributed by atoms with Crippen molar-refractivity contribution in [3.05, 3.63) is 56.8 Å². The first-order chi connectivity index (χ1) is 15.8. The maximum absolute atomic E-state index is 13.1. The summed E-state index contributed by atoms with van der Waals surface area (Å²) in [5.74, 6) is -0.223. The van der Waals surface area contributed by atoms with E-state index in [1.165, 1.54) is 32.7 Å². The Bertz CT molecular complexity index is 1340. The van der Waals surface area contributed by atoms with Gasteiger partial charge in [-0.2, -0.15) is 0 Å². The Kier molecular flexibility index (Phi) is 6.26. The number of thioether (sulfide) groups is 1. The van der Waals surface area contributed by atoms with Crippen molar-refractivity contribution in [2.45, 2.75) is 25.2 Å². The zero-order valence-electron chi connectivity index (χ0n) is 18.2. The summed E-state index contributed by atoms with van der Waals surface area (Å²) in [7, 11) is 1.45. The molecule has 3 aromatic rings. The molecule has 2 aromatic carbocycles. The molecule has 4 rings (SSSR count). The van der Waals surface area contributed by atoms with Crippen LogP contribution in [0.2, 0.25) is 0 Å². The lowest BCUT2D eigenvalue weighted by molar-refractivity contribution is -0.763. The van der Waals surface area contributed by atoms with Crippen LogP contribution < -0.4 is 24.6 Å². The fourth-order valence-corrected chi connectivity index (χ4v) is 4.72. The van der Waals surface area contributed by atoms with Crippen molar-refractivity contribution in [2.75, 3.05) is 18.3 Å². The number of aromatic nitrogens is 3. The van der Waals surface area contributed by atoms with E-state index in [0.717, 1.165) is 0 Å². The second kappa shape index (κ2) is 8.99. The lowest BCUT2D eigenvalue weighted by atomic mass is 10.0. The molecule has 0 fully saturated rings. The van der Waals surface area contributed by atoms with Crippen LogP contribution in [-0.4, -0.2) is 35.3 Å². The lowest BCUT2D eigenvalue weighted by Gasteiger charge is -2.32. The number of carbonyl (C=O) groups excluding carboxylic acids is 2. The number of methoxy groups -OCH3 is 1. The second-order valence-electron chi connectivity index (χ2n) is 7.15. The van der Waals surface area contributed by atoms with Crippen LogP contribution in [0.1, 0.15) is 25.6 Å². The molecule has 0 saturated carbocycles. The van der Waals surface area contributed by atoms with Crippen molar-refractivity contribution < 1.29 is 23.7 Å². The van der Waals surface area contributed by atoms with E-state index >= 15 is 0 Å². The van der Waals surface area contributed by atoms with Gasteiger partial charge in [0.2, 0.25) is 11.1 Å². The monoisotopic (exact) mass is 531 g/mol. The first-order valence-corrected chi connectivity index (χ1v) is 11.8. The molecule has 1 atom stereocenters. The van der Waals surface area contributed by atoms with E-state index in [9.17, 15) is 14.4 Å². The maximum atomic E-state index is 13.1. The Morgan fingerprint density at radius 2 is 1.94 bits per heavy atom. The molecule has 0 spiro atoms. The summed E-state index contributed by atoms with van der Waals surface area (Å²) in [5, 5.41) is 5.03. The van der Waals surface area contributed by atoms with Crippen LogP contribution in [0.5, 0.6) is 11.5 Å². The Labute approximate surface area is 201 Å². The Hall–Kier alpha value is -3.18. The van der Waals surface area contributed by atoms with Crippen LogP contribution in [0.4, 0.5) is 5.69 Å².